The van der Waals surface area contributed by atoms with Crippen molar-refractivity contribution in [3.05, 3.63) is 64.4 Å². The van der Waals surface area contributed by atoms with Crippen LogP contribution >= 0.6 is 11.3 Å². The van der Waals surface area contributed by atoms with Crippen molar-refractivity contribution in [1.29, 1.82) is 0 Å². The Morgan fingerprint density at radius 1 is 1.10 bits per heavy atom. The molecule has 0 aliphatic heterocycles. The van der Waals surface area contributed by atoms with Crippen LogP contribution in [0.1, 0.15) is 24.1 Å². The van der Waals surface area contributed by atoms with E-state index >= 15 is 0 Å². The van der Waals surface area contributed by atoms with Crippen LogP contribution in [0, 0.1) is 0 Å². The largest absolute Gasteiger partial charge is 0.496 e. The maximum Gasteiger partial charge on any atom is 0.126 e. The lowest BCUT2D eigenvalue weighted by Gasteiger charge is -2.15. The number of hydrogen-bond acceptors (Lipinski definition) is 3. The van der Waals surface area contributed by atoms with Crippen molar-refractivity contribution in [3.8, 4) is 5.75 Å². The molecule has 0 radical (unpaired) electrons. The van der Waals surface area contributed by atoms with E-state index in [1.165, 1.54) is 21.9 Å². The lowest BCUT2D eigenvalue weighted by molar-refractivity contribution is 0.419. The molecule has 0 fully saturated rings. The third-order valence-corrected chi connectivity index (χ3v) is 4.54. The van der Waals surface area contributed by atoms with Crippen molar-refractivity contribution >= 4 is 22.1 Å². The van der Waals surface area contributed by atoms with Crippen molar-refractivity contribution in [2.24, 2.45) is 0 Å². The summed E-state index contributed by atoms with van der Waals surface area (Å²) in [7, 11) is 1.72. The van der Waals surface area contributed by atoms with Crippen LogP contribution in [-0.2, 0) is 6.54 Å². The summed E-state index contributed by atoms with van der Waals surface area (Å²) in [5, 5.41) is 10.3. The van der Waals surface area contributed by atoms with Crippen molar-refractivity contribution in [3.63, 3.8) is 0 Å². The van der Waals surface area contributed by atoms with Gasteiger partial charge in [0.1, 0.15) is 5.75 Å². The molecule has 0 spiro atoms. The lowest BCUT2D eigenvalue weighted by atomic mass is 10.0. The Labute approximate surface area is 129 Å². The fourth-order valence-corrected chi connectivity index (χ4v) is 3.32. The van der Waals surface area contributed by atoms with Gasteiger partial charge < -0.3 is 10.1 Å². The van der Waals surface area contributed by atoms with Gasteiger partial charge in [0.05, 0.1) is 7.11 Å². The molecule has 0 aliphatic rings. The molecule has 2 nitrogen and oxygen atoms in total. The average Bonchev–Trinajstić information content (AvgIpc) is 3.06. The van der Waals surface area contributed by atoms with Gasteiger partial charge in [-0.3, -0.25) is 0 Å². The van der Waals surface area contributed by atoms with Crippen LogP contribution in [0.25, 0.3) is 10.8 Å². The minimum absolute atomic E-state index is 0.358. The average molecular weight is 297 g/mol. The van der Waals surface area contributed by atoms with Gasteiger partial charge in [0.25, 0.3) is 0 Å². The molecule has 1 unspecified atom stereocenters. The van der Waals surface area contributed by atoms with E-state index in [4.69, 9.17) is 4.74 Å². The SMILES string of the molecule is COc1ccc(CNC(C)c2ccsc2)c2ccccc12. The molecular formula is C18H19NOS. The summed E-state index contributed by atoms with van der Waals surface area (Å²) in [6.07, 6.45) is 0. The highest BCUT2D eigenvalue weighted by Crippen LogP contribution is 2.28. The molecule has 0 saturated carbocycles. The summed E-state index contributed by atoms with van der Waals surface area (Å²) in [5.74, 6) is 0.931. The summed E-state index contributed by atoms with van der Waals surface area (Å²) in [6.45, 7) is 3.05. The zero-order chi connectivity index (χ0) is 14.7. The number of methoxy groups -OCH3 is 1. The maximum absolute atomic E-state index is 5.45. The highest BCUT2D eigenvalue weighted by atomic mass is 32.1. The van der Waals surface area contributed by atoms with Crippen LogP contribution in [0.2, 0.25) is 0 Å². The molecule has 1 N–H and O–H groups in total. The van der Waals surface area contributed by atoms with Gasteiger partial charge in [-0.05, 0) is 46.3 Å². The second kappa shape index (κ2) is 6.29. The van der Waals surface area contributed by atoms with Gasteiger partial charge in [0.2, 0.25) is 0 Å². The fraction of sp³-hybridized carbons (Fsp3) is 0.222. The smallest absolute Gasteiger partial charge is 0.126 e. The number of rotatable bonds is 5. The Morgan fingerprint density at radius 3 is 2.62 bits per heavy atom. The van der Waals surface area contributed by atoms with Crippen molar-refractivity contribution in [2.45, 2.75) is 19.5 Å². The fourth-order valence-electron chi connectivity index (χ4n) is 2.57. The van der Waals surface area contributed by atoms with Gasteiger partial charge in [0, 0.05) is 18.0 Å². The van der Waals surface area contributed by atoms with E-state index in [2.05, 4.69) is 65.5 Å². The lowest BCUT2D eigenvalue weighted by Crippen LogP contribution is -2.17. The van der Waals surface area contributed by atoms with Crippen LogP contribution in [-0.4, -0.2) is 7.11 Å². The summed E-state index contributed by atoms with van der Waals surface area (Å²) in [6, 6.07) is 15.1. The van der Waals surface area contributed by atoms with Crippen molar-refractivity contribution in [1.82, 2.24) is 5.32 Å². The summed E-state index contributed by atoms with van der Waals surface area (Å²) >= 11 is 1.74. The highest BCUT2D eigenvalue weighted by Gasteiger charge is 2.08. The molecule has 1 aromatic heterocycles. The van der Waals surface area contributed by atoms with Crippen LogP contribution < -0.4 is 10.1 Å². The van der Waals surface area contributed by atoms with E-state index in [1.54, 1.807) is 18.4 Å². The second-order valence-electron chi connectivity index (χ2n) is 5.13. The Balaban J connectivity index is 1.84. The summed E-state index contributed by atoms with van der Waals surface area (Å²) in [5.41, 5.74) is 2.64. The summed E-state index contributed by atoms with van der Waals surface area (Å²) in [4.78, 5) is 0. The quantitative estimate of drug-likeness (QED) is 0.733. The predicted molar refractivity (Wildman–Crippen MR) is 90.1 cm³/mol. The first kappa shape index (κ1) is 14.1. The minimum atomic E-state index is 0.358. The number of thiophene rings is 1. The molecule has 3 rings (SSSR count). The van der Waals surface area contributed by atoms with E-state index in [0.717, 1.165) is 12.3 Å². The van der Waals surface area contributed by atoms with Crippen LogP contribution in [0.15, 0.2) is 53.2 Å². The third kappa shape index (κ3) is 2.94. The van der Waals surface area contributed by atoms with Gasteiger partial charge >= 0.3 is 0 Å². The first-order valence-electron chi connectivity index (χ1n) is 7.09. The Kier molecular flexibility index (Phi) is 4.23. The monoisotopic (exact) mass is 297 g/mol. The number of hydrogen-bond donors (Lipinski definition) is 1. The van der Waals surface area contributed by atoms with E-state index < -0.39 is 0 Å². The molecule has 0 bridgehead atoms. The first-order chi connectivity index (χ1) is 10.3. The van der Waals surface area contributed by atoms with E-state index in [0.29, 0.717) is 6.04 Å². The number of ether oxygens (including phenoxy) is 1. The molecule has 1 heterocycles. The molecule has 3 aromatic rings. The molecule has 0 saturated heterocycles. The third-order valence-electron chi connectivity index (χ3n) is 3.84. The maximum atomic E-state index is 5.45. The topological polar surface area (TPSA) is 21.3 Å². The minimum Gasteiger partial charge on any atom is -0.496 e. The van der Waals surface area contributed by atoms with Gasteiger partial charge in [-0.25, -0.2) is 0 Å². The molecule has 1 atom stereocenters. The van der Waals surface area contributed by atoms with Gasteiger partial charge in [-0.15, -0.1) is 0 Å². The normalized spacial score (nSPS) is 12.5. The zero-order valence-electron chi connectivity index (χ0n) is 12.3. The molecule has 0 amide bonds. The first-order valence-corrected chi connectivity index (χ1v) is 8.04. The number of benzene rings is 2. The predicted octanol–water partition coefficient (Wildman–Crippen LogP) is 4.76. The zero-order valence-corrected chi connectivity index (χ0v) is 13.1. The Morgan fingerprint density at radius 2 is 1.90 bits per heavy atom. The molecule has 21 heavy (non-hydrogen) atoms. The summed E-state index contributed by atoms with van der Waals surface area (Å²) < 4.78 is 5.45. The van der Waals surface area contributed by atoms with E-state index in [9.17, 15) is 0 Å². The van der Waals surface area contributed by atoms with Gasteiger partial charge in [-0.1, -0.05) is 30.3 Å². The molecule has 108 valence electrons. The highest BCUT2D eigenvalue weighted by molar-refractivity contribution is 7.07. The van der Waals surface area contributed by atoms with Crippen LogP contribution in [0.5, 0.6) is 5.75 Å². The van der Waals surface area contributed by atoms with Crippen molar-refractivity contribution in [2.75, 3.05) is 7.11 Å². The van der Waals surface area contributed by atoms with Gasteiger partial charge in [0.15, 0.2) is 0 Å². The van der Waals surface area contributed by atoms with Crippen LogP contribution in [0.4, 0.5) is 0 Å². The Hall–Kier alpha value is -1.84. The molecule has 3 heteroatoms. The van der Waals surface area contributed by atoms with E-state index in [1.807, 2.05) is 0 Å². The van der Waals surface area contributed by atoms with Crippen molar-refractivity contribution < 1.29 is 4.74 Å². The standard InChI is InChI=1S/C18H19NOS/c1-13(15-9-10-21-12-15)19-11-14-7-8-18(20-2)17-6-4-3-5-16(14)17/h3-10,12-13,19H,11H2,1-2H3. The molecular weight excluding hydrogens is 278 g/mol. The number of nitrogens with one attached hydrogen (secondary N) is 1. The molecule has 2 aromatic carbocycles. The Bertz CT molecular complexity index is 721. The van der Waals surface area contributed by atoms with Crippen LogP contribution in [0.3, 0.4) is 0 Å². The number of fused-ring (bicyclic) bond motifs is 1. The second-order valence-corrected chi connectivity index (χ2v) is 5.91. The van der Waals surface area contributed by atoms with E-state index in [-0.39, 0.29) is 0 Å². The van der Waals surface area contributed by atoms with Gasteiger partial charge in [-0.2, -0.15) is 11.3 Å². The molecule has 0 aliphatic carbocycles.